The second-order valence-corrected chi connectivity index (χ2v) is 6.66. The van der Waals surface area contributed by atoms with Gasteiger partial charge in [-0.3, -0.25) is 4.79 Å². The average Bonchev–Trinajstić information content (AvgIpc) is 2.29. The van der Waals surface area contributed by atoms with E-state index in [9.17, 15) is 13.2 Å². The molecule has 0 aromatic carbocycles. The summed E-state index contributed by atoms with van der Waals surface area (Å²) in [6, 6.07) is 0.0962. The van der Waals surface area contributed by atoms with Gasteiger partial charge in [0.2, 0.25) is 15.9 Å². The summed E-state index contributed by atoms with van der Waals surface area (Å²) in [7, 11) is -3.09. The minimum Gasteiger partial charge on any atom is -0.352 e. The van der Waals surface area contributed by atoms with Crippen molar-refractivity contribution in [2.24, 2.45) is 0 Å². The first-order valence-corrected chi connectivity index (χ1v) is 8.23. The zero-order chi connectivity index (χ0) is 13.6. The van der Waals surface area contributed by atoms with Crippen LogP contribution in [0.2, 0.25) is 0 Å². The number of carbonyl (C=O) groups is 1. The summed E-state index contributed by atoms with van der Waals surface area (Å²) in [6.07, 6.45) is 3.60. The van der Waals surface area contributed by atoms with E-state index in [-0.39, 0.29) is 11.9 Å². The Bertz CT molecular complexity index is 362. The van der Waals surface area contributed by atoms with Gasteiger partial charge in [-0.05, 0) is 25.8 Å². The monoisotopic (exact) mass is 277 g/mol. The topological polar surface area (TPSA) is 78.5 Å². The van der Waals surface area contributed by atoms with E-state index < -0.39 is 10.0 Å². The van der Waals surface area contributed by atoms with Gasteiger partial charge in [-0.1, -0.05) is 6.92 Å². The predicted molar refractivity (Wildman–Crippen MR) is 70.7 cm³/mol. The van der Waals surface area contributed by atoms with Crippen molar-refractivity contribution < 1.29 is 13.2 Å². The minimum atomic E-state index is -3.09. The normalized spacial score (nSPS) is 18.8. The Kier molecular flexibility index (Phi) is 6.04. The van der Waals surface area contributed by atoms with Crippen LogP contribution in [-0.2, 0) is 14.8 Å². The summed E-state index contributed by atoms with van der Waals surface area (Å²) in [5, 5.41) is 5.97. The number of piperidine rings is 1. The van der Waals surface area contributed by atoms with Crippen LogP contribution in [0.3, 0.4) is 0 Å². The molecule has 1 aliphatic heterocycles. The van der Waals surface area contributed by atoms with Crippen LogP contribution in [0.25, 0.3) is 0 Å². The van der Waals surface area contributed by atoms with Gasteiger partial charge in [-0.2, -0.15) is 0 Å². The third-order valence-electron chi connectivity index (χ3n) is 3.00. The van der Waals surface area contributed by atoms with E-state index in [0.29, 0.717) is 32.5 Å². The van der Waals surface area contributed by atoms with Crippen molar-refractivity contribution in [2.75, 3.05) is 32.4 Å². The molecule has 18 heavy (non-hydrogen) atoms. The Morgan fingerprint density at radius 1 is 1.33 bits per heavy atom. The first-order valence-electron chi connectivity index (χ1n) is 6.38. The number of rotatable bonds is 6. The average molecular weight is 277 g/mol. The van der Waals surface area contributed by atoms with Crippen LogP contribution in [0.1, 0.15) is 26.2 Å². The van der Waals surface area contributed by atoms with Crippen molar-refractivity contribution in [1.29, 1.82) is 0 Å². The minimum absolute atomic E-state index is 0.0127. The molecule has 0 unspecified atom stereocenters. The first kappa shape index (κ1) is 15.4. The molecule has 0 spiro atoms. The Morgan fingerprint density at radius 2 is 1.94 bits per heavy atom. The largest absolute Gasteiger partial charge is 0.352 e. The Balaban J connectivity index is 2.25. The van der Waals surface area contributed by atoms with Crippen LogP contribution < -0.4 is 10.6 Å². The third kappa shape index (κ3) is 5.32. The summed E-state index contributed by atoms with van der Waals surface area (Å²) in [5.74, 6) is -0.0127. The molecule has 0 atom stereocenters. The molecule has 1 amide bonds. The van der Waals surface area contributed by atoms with Gasteiger partial charge in [-0.15, -0.1) is 0 Å². The molecule has 1 heterocycles. The van der Waals surface area contributed by atoms with Crippen LogP contribution in [0.5, 0.6) is 0 Å². The standard InChI is InChI=1S/C11H23N3O3S/c1-3-6-12-9-11(15)13-10-4-7-14(8-5-10)18(2,16)17/h10,12H,3-9H2,1-2H3,(H,13,15). The van der Waals surface area contributed by atoms with Crippen molar-refractivity contribution in [1.82, 2.24) is 14.9 Å². The van der Waals surface area contributed by atoms with E-state index in [1.165, 1.54) is 10.6 Å². The first-order chi connectivity index (χ1) is 8.43. The molecule has 1 aliphatic rings. The molecule has 1 fully saturated rings. The van der Waals surface area contributed by atoms with Crippen LogP contribution in [-0.4, -0.2) is 57.1 Å². The zero-order valence-corrected chi connectivity index (χ0v) is 11.9. The second-order valence-electron chi connectivity index (χ2n) is 4.68. The quantitative estimate of drug-likeness (QED) is 0.643. The van der Waals surface area contributed by atoms with Gasteiger partial charge in [0.05, 0.1) is 12.8 Å². The number of amides is 1. The lowest BCUT2D eigenvalue weighted by Crippen LogP contribution is -2.48. The number of sulfonamides is 1. The van der Waals surface area contributed by atoms with Crippen LogP contribution in [0.15, 0.2) is 0 Å². The molecule has 0 radical (unpaired) electrons. The fourth-order valence-corrected chi connectivity index (χ4v) is 2.86. The number of carbonyl (C=O) groups excluding carboxylic acids is 1. The van der Waals surface area contributed by atoms with E-state index in [0.717, 1.165) is 13.0 Å². The molecule has 2 N–H and O–H groups in total. The van der Waals surface area contributed by atoms with Gasteiger partial charge in [0.25, 0.3) is 0 Å². The van der Waals surface area contributed by atoms with E-state index in [1.54, 1.807) is 0 Å². The molecule has 1 rings (SSSR count). The van der Waals surface area contributed by atoms with Crippen molar-refractivity contribution in [3.05, 3.63) is 0 Å². The van der Waals surface area contributed by atoms with Gasteiger partial charge < -0.3 is 10.6 Å². The van der Waals surface area contributed by atoms with E-state index >= 15 is 0 Å². The van der Waals surface area contributed by atoms with Crippen molar-refractivity contribution in [3.63, 3.8) is 0 Å². The SMILES string of the molecule is CCCNCC(=O)NC1CCN(S(C)(=O)=O)CC1. The lowest BCUT2D eigenvalue weighted by Gasteiger charge is -2.30. The maximum atomic E-state index is 11.6. The van der Waals surface area contributed by atoms with Crippen LogP contribution >= 0.6 is 0 Å². The Morgan fingerprint density at radius 3 is 2.44 bits per heavy atom. The van der Waals surface area contributed by atoms with E-state index in [2.05, 4.69) is 10.6 Å². The maximum Gasteiger partial charge on any atom is 0.234 e. The highest BCUT2D eigenvalue weighted by Crippen LogP contribution is 2.12. The molecule has 0 aliphatic carbocycles. The van der Waals surface area contributed by atoms with E-state index in [1.807, 2.05) is 6.92 Å². The molecule has 0 bridgehead atoms. The Hall–Kier alpha value is -0.660. The summed E-state index contributed by atoms with van der Waals surface area (Å²) in [6.45, 7) is 4.20. The zero-order valence-electron chi connectivity index (χ0n) is 11.1. The van der Waals surface area contributed by atoms with Crippen LogP contribution in [0, 0.1) is 0 Å². The van der Waals surface area contributed by atoms with E-state index in [4.69, 9.17) is 0 Å². The molecule has 106 valence electrons. The van der Waals surface area contributed by atoms with Crippen molar-refractivity contribution >= 4 is 15.9 Å². The fourth-order valence-electron chi connectivity index (χ4n) is 1.99. The summed E-state index contributed by atoms with van der Waals surface area (Å²) >= 11 is 0. The molecule has 6 nitrogen and oxygen atoms in total. The lowest BCUT2D eigenvalue weighted by atomic mass is 10.1. The number of nitrogens with one attached hydrogen (secondary N) is 2. The summed E-state index contributed by atoms with van der Waals surface area (Å²) in [5.41, 5.74) is 0. The van der Waals surface area contributed by atoms with Gasteiger partial charge in [0.15, 0.2) is 0 Å². The van der Waals surface area contributed by atoms with Crippen molar-refractivity contribution in [2.45, 2.75) is 32.2 Å². The predicted octanol–water partition coefficient (Wildman–Crippen LogP) is -0.474. The summed E-state index contributed by atoms with van der Waals surface area (Å²) in [4.78, 5) is 11.6. The Labute approximate surface area is 109 Å². The number of hydrogen-bond donors (Lipinski definition) is 2. The fraction of sp³-hybridized carbons (Fsp3) is 0.909. The van der Waals surface area contributed by atoms with Crippen molar-refractivity contribution in [3.8, 4) is 0 Å². The second kappa shape index (κ2) is 7.06. The molecular weight excluding hydrogens is 254 g/mol. The number of hydrogen-bond acceptors (Lipinski definition) is 4. The highest BCUT2D eigenvalue weighted by molar-refractivity contribution is 7.88. The number of nitrogens with zero attached hydrogens (tertiary/aromatic N) is 1. The molecule has 0 aromatic rings. The highest BCUT2D eigenvalue weighted by Gasteiger charge is 2.25. The van der Waals surface area contributed by atoms with Crippen LogP contribution in [0.4, 0.5) is 0 Å². The molecule has 1 saturated heterocycles. The molecular formula is C11H23N3O3S. The van der Waals surface area contributed by atoms with Gasteiger partial charge >= 0.3 is 0 Å². The third-order valence-corrected chi connectivity index (χ3v) is 4.30. The smallest absolute Gasteiger partial charge is 0.234 e. The maximum absolute atomic E-state index is 11.6. The van der Waals surface area contributed by atoms with Gasteiger partial charge in [0.1, 0.15) is 0 Å². The lowest BCUT2D eigenvalue weighted by molar-refractivity contribution is -0.121. The summed E-state index contributed by atoms with van der Waals surface area (Å²) < 4.78 is 24.1. The molecule has 0 saturated carbocycles. The van der Waals surface area contributed by atoms with Gasteiger partial charge in [-0.25, -0.2) is 12.7 Å². The van der Waals surface area contributed by atoms with Gasteiger partial charge in [0, 0.05) is 19.1 Å². The molecule has 0 aromatic heterocycles. The molecule has 7 heteroatoms. The highest BCUT2D eigenvalue weighted by atomic mass is 32.2.